The van der Waals surface area contributed by atoms with Crippen molar-refractivity contribution in [2.75, 3.05) is 26.2 Å². The first-order chi connectivity index (χ1) is 14.3. The zero-order chi connectivity index (χ0) is 21.3. The number of aromatic nitrogens is 2. The van der Waals surface area contributed by atoms with Crippen LogP contribution in [-0.2, 0) is 16.6 Å². The second-order valence-electron chi connectivity index (χ2n) is 7.46. The van der Waals surface area contributed by atoms with Crippen LogP contribution in [-0.4, -0.2) is 54.0 Å². The largest absolute Gasteiger partial charge is 0.419 e. The molecule has 4 rings (SSSR count). The van der Waals surface area contributed by atoms with Crippen LogP contribution in [0.4, 0.5) is 0 Å². The summed E-state index contributed by atoms with van der Waals surface area (Å²) in [7, 11) is -3.49. The standard InChI is InChI=1S/C21H23BrN4O3S/c1-15-6-7-19(16(2)12-15)30(27,28)26-10-8-25(9-11-26)14-20-23-24-21(29-20)17-4-3-5-18(22)13-17/h3-7,12-13H,8-11,14H2,1-2H3. The van der Waals surface area contributed by atoms with E-state index in [2.05, 4.69) is 31.0 Å². The zero-order valence-electron chi connectivity index (χ0n) is 16.9. The van der Waals surface area contributed by atoms with E-state index in [9.17, 15) is 8.42 Å². The normalized spacial score (nSPS) is 16.1. The molecule has 0 aliphatic carbocycles. The summed E-state index contributed by atoms with van der Waals surface area (Å²) < 4.78 is 34.4. The summed E-state index contributed by atoms with van der Waals surface area (Å²) in [4.78, 5) is 2.52. The molecule has 30 heavy (non-hydrogen) atoms. The molecule has 158 valence electrons. The van der Waals surface area contributed by atoms with Crippen molar-refractivity contribution in [3.05, 3.63) is 64.0 Å². The summed E-state index contributed by atoms with van der Waals surface area (Å²) in [5.41, 5.74) is 2.69. The van der Waals surface area contributed by atoms with E-state index in [1.807, 2.05) is 50.2 Å². The van der Waals surface area contributed by atoms with E-state index >= 15 is 0 Å². The molecule has 0 N–H and O–H groups in total. The molecule has 0 atom stereocenters. The molecule has 1 saturated heterocycles. The monoisotopic (exact) mass is 490 g/mol. The molecule has 1 aliphatic rings. The second kappa shape index (κ2) is 8.58. The molecule has 3 aromatic rings. The molecule has 1 aliphatic heterocycles. The fourth-order valence-corrected chi connectivity index (χ4v) is 5.63. The third-order valence-electron chi connectivity index (χ3n) is 5.18. The van der Waals surface area contributed by atoms with Crippen LogP contribution in [0.25, 0.3) is 11.5 Å². The zero-order valence-corrected chi connectivity index (χ0v) is 19.3. The summed E-state index contributed by atoms with van der Waals surface area (Å²) >= 11 is 3.44. The highest BCUT2D eigenvalue weighted by Crippen LogP contribution is 2.24. The Morgan fingerprint density at radius 2 is 1.80 bits per heavy atom. The van der Waals surface area contributed by atoms with Crippen LogP contribution in [0.5, 0.6) is 0 Å². The topological polar surface area (TPSA) is 79.5 Å². The molecule has 0 radical (unpaired) electrons. The van der Waals surface area contributed by atoms with Crippen molar-refractivity contribution in [2.45, 2.75) is 25.3 Å². The summed E-state index contributed by atoms with van der Waals surface area (Å²) in [6.07, 6.45) is 0. The van der Waals surface area contributed by atoms with Gasteiger partial charge in [-0.1, -0.05) is 39.7 Å². The number of aryl methyl sites for hydroxylation is 2. The molecular formula is C21H23BrN4O3S. The van der Waals surface area contributed by atoms with Crippen molar-refractivity contribution in [1.29, 1.82) is 0 Å². The SMILES string of the molecule is Cc1ccc(S(=O)(=O)N2CCN(Cc3nnc(-c4cccc(Br)c4)o3)CC2)c(C)c1. The highest BCUT2D eigenvalue weighted by molar-refractivity contribution is 9.10. The van der Waals surface area contributed by atoms with Crippen molar-refractivity contribution in [1.82, 2.24) is 19.4 Å². The Hall–Kier alpha value is -2.07. The van der Waals surface area contributed by atoms with Crippen molar-refractivity contribution in [3.63, 3.8) is 0 Å². The number of rotatable bonds is 5. The van der Waals surface area contributed by atoms with E-state index in [0.717, 1.165) is 21.2 Å². The van der Waals surface area contributed by atoms with Gasteiger partial charge >= 0.3 is 0 Å². The third kappa shape index (κ3) is 4.49. The van der Waals surface area contributed by atoms with Gasteiger partial charge in [-0.15, -0.1) is 10.2 Å². The van der Waals surface area contributed by atoms with Crippen LogP contribution < -0.4 is 0 Å². The number of sulfonamides is 1. The minimum atomic E-state index is -3.49. The molecule has 2 heterocycles. The Morgan fingerprint density at radius 1 is 1.03 bits per heavy atom. The van der Waals surface area contributed by atoms with Crippen molar-refractivity contribution in [3.8, 4) is 11.5 Å². The predicted molar refractivity (Wildman–Crippen MR) is 117 cm³/mol. The third-order valence-corrected chi connectivity index (χ3v) is 7.73. The molecule has 0 bridgehead atoms. The fourth-order valence-electron chi connectivity index (χ4n) is 3.60. The van der Waals surface area contributed by atoms with E-state index in [1.54, 1.807) is 10.4 Å². The van der Waals surface area contributed by atoms with Gasteiger partial charge in [-0.05, 0) is 43.7 Å². The average molecular weight is 491 g/mol. The molecule has 2 aromatic carbocycles. The number of hydrogen-bond acceptors (Lipinski definition) is 6. The first-order valence-corrected chi connectivity index (χ1v) is 11.9. The predicted octanol–water partition coefficient (Wildman–Crippen LogP) is 3.62. The molecule has 0 amide bonds. The van der Waals surface area contributed by atoms with Crippen LogP contribution >= 0.6 is 15.9 Å². The van der Waals surface area contributed by atoms with Gasteiger partial charge < -0.3 is 4.42 Å². The fraction of sp³-hybridized carbons (Fsp3) is 0.333. The molecule has 0 unspecified atom stereocenters. The van der Waals surface area contributed by atoms with Crippen molar-refractivity contribution in [2.24, 2.45) is 0 Å². The smallest absolute Gasteiger partial charge is 0.247 e. The lowest BCUT2D eigenvalue weighted by Gasteiger charge is -2.33. The molecule has 9 heteroatoms. The van der Waals surface area contributed by atoms with E-state index in [-0.39, 0.29) is 0 Å². The van der Waals surface area contributed by atoms with Crippen LogP contribution in [0.2, 0.25) is 0 Å². The van der Waals surface area contributed by atoms with Crippen molar-refractivity contribution < 1.29 is 12.8 Å². The quantitative estimate of drug-likeness (QED) is 0.543. The number of piperazine rings is 1. The average Bonchev–Trinajstić information content (AvgIpc) is 3.17. The van der Waals surface area contributed by atoms with E-state index in [0.29, 0.717) is 49.4 Å². The van der Waals surface area contributed by atoms with Gasteiger partial charge in [0.25, 0.3) is 0 Å². The van der Waals surface area contributed by atoms with Gasteiger partial charge in [0.05, 0.1) is 11.4 Å². The lowest BCUT2D eigenvalue weighted by Crippen LogP contribution is -2.48. The highest BCUT2D eigenvalue weighted by Gasteiger charge is 2.30. The van der Waals surface area contributed by atoms with Gasteiger partial charge in [-0.3, -0.25) is 4.90 Å². The van der Waals surface area contributed by atoms with Crippen LogP contribution in [0, 0.1) is 13.8 Å². The second-order valence-corrected chi connectivity index (χ2v) is 10.3. The van der Waals surface area contributed by atoms with Gasteiger partial charge in [-0.2, -0.15) is 4.31 Å². The lowest BCUT2D eigenvalue weighted by atomic mass is 10.2. The maximum atomic E-state index is 13.0. The van der Waals surface area contributed by atoms with E-state index in [1.165, 1.54) is 0 Å². The van der Waals surface area contributed by atoms with Crippen LogP contribution in [0.3, 0.4) is 0 Å². The molecule has 0 spiro atoms. The maximum absolute atomic E-state index is 13.0. The van der Waals surface area contributed by atoms with Crippen LogP contribution in [0.1, 0.15) is 17.0 Å². The molecule has 1 fully saturated rings. The summed E-state index contributed by atoms with van der Waals surface area (Å²) in [5.74, 6) is 0.998. The highest BCUT2D eigenvalue weighted by atomic mass is 79.9. The Bertz CT molecular complexity index is 1150. The molecular weight excluding hydrogens is 468 g/mol. The minimum absolute atomic E-state index is 0.386. The number of nitrogens with zero attached hydrogens (tertiary/aromatic N) is 4. The van der Waals surface area contributed by atoms with Gasteiger partial charge in [0.1, 0.15) is 0 Å². The lowest BCUT2D eigenvalue weighted by molar-refractivity contribution is 0.168. The Balaban J connectivity index is 1.39. The summed E-state index contributed by atoms with van der Waals surface area (Å²) in [6.45, 7) is 6.39. The van der Waals surface area contributed by atoms with E-state index in [4.69, 9.17) is 4.42 Å². The van der Waals surface area contributed by atoms with Crippen LogP contribution in [0.15, 0.2) is 56.2 Å². The molecule has 7 nitrogen and oxygen atoms in total. The summed E-state index contributed by atoms with van der Waals surface area (Å²) in [6, 6.07) is 13.1. The Morgan fingerprint density at radius 3 is 2.50 bits per heavy atom. The molecule has 1 aromatic heterocycles. The number of halogens is 1. The first-order valence-electron chi connectivity index (χ1n) is 9.71. The van der Waals surface area contributed by atoms with Gasteiger partial charge in [0.15, 0.2) is 0 Å². The molecule has 0 saturated carbocycles. The van der Waals surface area contributed by atoms with Gasteiger partial charge in [0, 0.05) is 36.2 Å². The first kappa shape index (κ1) is 21.2. The Kier molecular flexibility index (Phi) is 6.06. The van der Waals surface area contributed by atoms with Gasteiger partial charge in [0.2, 0.25) is 21.8 Å². The van der Waals surface area contributed by atoms with Crippen molar-refractivity contribution >= 4 is 26.0 Å². The number of hydrogen-bond donors (Lipinski definition) is 0. The van der Waals surface area contributed by atoms with Gasteiger partial charge in [-0.25, -0.2) is 8.42 Å². The number of benzene rings is 2. The van der Waals surface area contributed by atoms with E-state index < -0.39 is 10.0 Å². The Labute approximate surface area is 184 Å². The summed E-state index contributed by atoms with van der Waals surface area (Å²) in [5, 5.41) is 8.28. The maximum Gasteiger partial charge on any atom is 0.247 e. The minimum Gasteiger partial charge on any atom is -0.419 e.